The van der Waals surface area contributed by atoms with Gasteiger partial charge in [-0.25, -0.2) is 9.18 Å². The van der Waals surface area contributed by atoms with Gasteiger partial charge in [0.1, 0.15) is 11.6 Å². The van der Waals surface area contributed by atoms with Gasteiger partial charge in [-0.2, -0.15) is 0 Å². The van der Waals surface area contributed by atoms with E-state index < -0.39 is 0 Å². The monoisotopic (exact) mass is 400 g/mol. The van der Waals surface area contributed by atoms with Crippen molar-refractivity contribution in [2.45, 2.75) is 31.3 Å². The third-order valence-electron chi connectivity index (χ3n) is 4.79. The van der Waals surface area contributed by atoms with Crippen molar-refractivity contribution in [3.05, 3.63) is 71.0 Å². The van der Waals surface area contributed by atoms with Crippen molar-refractivity contribution in [3.8, 4) is 5.75 Å². The molecule has 0 bridgehead atoms. The van der Waals surface area contributed by atoms with Gasteiger partial charge in [0.2, 0.25) is 0 Å². The van der Waals surface area contributed by atoms with Crippen LogP contribution >= 0.6 is 11.8 Å². The zero-order valence-corrected chi connectivity index (χ0v) is 17.4. The maximum Gasteiger partial charge on any atom is 0.335 e. The molecule has 5 heteroatoms. The van der Waals surface area contributed by atoms with Crippen molar-refractivity contribution in [2.75, 3.05) is 13.7 Å². The van der Waals surface area contributed by atoms with Crippen molar-refractivity contribution in [1.82, 2.24) is 0 Å². The van der Waals surface area contributed by atoms with E-state index in [2.05, 4.69) is 13.8 Å². The molecule has 2 unspecified atom stereocenters. The molecule has 0 saturated carbocycles. The summed E-state index contributed by atoms with van der Waals surface area (Å²) in [6.45, 7) is 6.34. The first-order valence-electron chi connectivity index (χ1n) is 9.42. The molecule has 28 heavy (non-hydrogen) atoms. The quantitative estimate of drug-likeness (QED) is 0.586. The molecule has 0 spiro atoms. The van der Waals surface area contributed by atoms with Gasteiger partial charge < -0.3 is 9.47 Å². The van der Waals surface area contributed by atoms with Gasteiger partial charge in [-0.15, -0.1) is 11.8 Å². The zero-order chi connectivity index (χ0) is 20.3. The molecule has 0 fully saturated rings. The highest BCUT2D eigenvalue weighted by Gasteiger charge is 2.41. The van der Waals surface area contributed by atoms with Crippen LogP contribution in [0.4, 0.5) is 4.39 Å². The molecule has 0 saturated heterocycles. The summed E-state index contributed by atoms with van der Waals surface area (Å²) in [6, 6.07) is 14.2. The summed E-state index contributed by atoms with van der Waals surface area (Å²) in [6.07, 6.45) is 0. The van der Waals surface area contributed by atoms with E-state index in [4.69, 9.17) is 9.47 Å². The molecule has 2 atom stereocenters. The lowest BCUT2D eigenvalue weighted by Gasteiger charge is -2.18. The molecule has 1 heterocycles. The topological polar surface area (TPSA) is 35.5 Å². The van der Waals surface area contributed by atoms with Gasteiger partial charge >= 0.3 is 5.97 Å². The van der Waals surface area contributed by atoms with Gasteiger partial charge in [-0.3, -0.25) is 0 Å². The number of hydrogen-bond donors (Lipinski definition) is 0. The van der Waals surface area contributed by atoms with Crippen molar-refractivity contribution >= 4 is 23.3 Å². The Labute approximate surface area is 169 Å². The predicted octanol–water partition coefficient (Wildman–Crippen LogP) is 5.66. The van der Waals surface area contributed by atoms with Crippen LogP contribution in [0, 0.1) is 11.7 Å². The fraction of sp³-hybridized carbons (Fsp3) is 0.348. The summed E-state index contributed by atoms with van der Waals surface area (Å²) < 4.78 is 24.2. The fourth-order valence-electron chi connectivity index (χ4n) is 3.46. The summed E-state index contributed by atoms with van der Waals surface area (Å²) in [4.78, 5) is 12.9. The highest BCUT2D eigenvalue weighted by atomic mass is 32.2. The molecule has 3 nitrogen and oxygen atoms in total. The van der Waals surface area contributed by atoms with E-state index in [1.54, 1.807) is 31.0 Å². The molecule has 148 valence electrons. The lowest BCUT2D eigenvalue weighted by atomic mass is 9.89. The van der Waals surface area contributed by atoms with E-state index in [1.165, 1.54) is 12.1 Å². The second-order valence-corrected chi connectivity index (χ2v) is 8.26. The Morgan fingerprint density at radius 3 is 2.29 bits per heavy atom. The van der Waals surface area contributed by atoms with Gasteiger partial charge in [0.15, 0.2) is 0 Å². The second kappa shape index (κ2) is 8.82. The SMILES string of the molecule is CCOC(=O)C1=C(c2ccc(F)cc2)C(c2ccc(OC)cc2)SC1C(C)C. The average Bonchev–Trinajstić information content (AvgIpc) is 3.10. The number of hydrogen-bond acceptors (Lipinski definition) is 4. The summed E-state index contributed by atoms with van der Waals surface area (Å²) in [5, 5.41) is -0.0330. The van der Waals surface area contributed by atoms with Crippen molar-refractivity contribution in [2.24, 2.45) is 5.92 Å². The first kappa shape index (κ1) is 20.5. The van der Waals surface area contributed by atoms with Gasteiger partial charge in [0.05, 0.1) is 24.5 Å². The first-order valence-corrected chi connectivity index (χ1v) is 10.4. The molecule has 2 aromatic carbocycles. The van der Waals surface area contributed by atoms with Crippen molar-refractivity contribution < 1.29 is 18.7 Å². The minimum absolute atomic E-state index is 0.00575. The Bertz CT molecular complexity index is 856. The second-order valence-electron chi connectivity index (χ2n) is 7.01. The van der Waals surface area contributed by atoms with Crippen LogP contribution in [0.5, 0.6) is 5.75 Å². The van der Waals surface area contributed by atoms with Gasteiger partial charge in [0, 0.05) is 5.25 Å². The Morgan fingerprint density at radius 2 is 1.75 bits per heavy atom. The van der Waals surface area contributed by atoms with E-state index >= 15 is 0 Å². The fourth-order valence-corrected chi connectivity index (χ4v) is 5.14. The summed E-state index contributed by atoms with van der Waals surface area (Å²) in [7, 11) is 1.64. The molecule has 3 rings (SSSR count). The van der Waals surface area contributed by atoms with Crippen LogP contribution in [0.25, 0.3) is 5.57 Å². The van der Waals surface area contributed by atoms with E-state index in [-0.39, 0.29) is 28.2 Å². The standard InChI is InChI=1S/C23H25FO3S/c1-5-27-23(25)20-19(15-6-10-17(24)11-7-15)22(28-21(20)14(2)3)16-8-12-18(26-4)13-9-16/h6-14,21-22H,5H2,1-4H3. The largest absolute Gasteiger partial charge is 0.497 e. The van der Waals surface area contributed by atoms with Crippen LogP contribution < -0.4 is 4.74 Å². The van der Waals surface area contributed by atoms with Crippen LogP contribution in [0.3, 0.4) is 0 Å². The lowest BCUT2D eigenvalue weighted by Crippen LogP contribution is -2.20. The Morgan fingerprint density at radius 1 is 1.11 bits per heavy atom. The number of carbonyl (C=O) groups is 1. The first-order chi connectivity index (χ1) is 13.5. The third kappa shape index (κ3) is 4.09. The molecule has 0 N–H and O–H groups in total. The van der Waals surface area contributed by atoms with E-state index in [9.17, 15) is 9.18 Å². The molecular formula is C23H25FO3S. The number of methoxy groups -OCH3 is 1. The Kier molecular flexibility index (Phi) is 6.45. The predicted molar refractivity (Wildman–Crippen MR) is 112 cm³/mol. The minimum Gasteiger partial charge on any atom is -0.497 e. The smallest absolute Gasteiger partial charge is 0.335 e. The van der Waals surface area contributed by atoms with E-state index in [0.29, 0.717) is 12.2 Å². The summed E-state index contributed by atoms with van der Waals surface area (Å²) in [5.74, 6) is 0.450. The number of halogens is 1. The highest BCUT2D eigenvalue weighted by molar-refractivity contribution is 8.01. The molecule has 1 aliphatic heterocycles. The van der Waals surface area contributed by atoms with Gasteiger partial charge in [0.25, 0.3) is 0 Å². The highest BCUT2D eigenvalue weighted by Crippen LogP contribution is 2.55. The number of rotatable bonds is 6. The number of esters is 1. The van der Waals surface area contributed by atoms with Gasteiger partial charge in [-0.05, 0) is 53.8 Å². The summed E-state index contributed by atoms with van der Waals surface area (Å²) >= 11 is 1.75. The molecule has 1 aliphatic rings. The van der Waals surface area contributed by atoms with E-state index in [0.717, 1.165) is 22.4 Å². The van der Waals surface area contributed by atoms with Gasteiger partial charge in [-0.1, -0.05) is 38.1 Å². The number of ether oxygens (including phenoxy) is 2. The maximum atomic E-state index is 13.5. The maximum absolute atomic E-state index is 13.5. The molecule has 0 amide bonds. The lowest BCUT2D eigenvalue weighted by molar-refractivity contribution is -0.138. The number of carbonyl (C=O) groups excluding carboxylic acids is 1. The van der Waals surface area contributed by atoms with Crippen LogP contribution in [-0.4, -0.2) is 24.9 Å². The van der Waals surface area contributed by atoms with Crippen molar-refractivity contribution in [3.63, 3.8) is 0 Å². The molecular weight excluding hydrogens is 375 g/mol. The zero-order valence-electron chi connectivity index (χ0n) is 16.6. The Balaban J connectivity index is 2.16. The van der Waals surface area contributed by atoms with Crippen LogP contribution in [0.15, 0.2) is 54.1 Å². The van der Waals surface area contributed by atoms with Crippen LogP contribution in [0.1, 0.15) is 37.1 Å². The van der Waals surface area contributed by atoms with Crippen LogP contribution in [-0.2, 0) is 9.53 Å². The third-order valence-corrected chi connectivity index (χ3v) is 6.65. The molecule has 2 aromatic rings. The minimum atomic E-state index is -0.297. The number of thioether (sulfide) groups is 1. The molecule has 0 radical (unpaired) electrons. The normalized spacial score (nSPS) is 19.2. The molecule has 0 aromatic heterocycles. The Hall–Kier alpha value is -2.27. The molecule has 0 aliphatic carbocycles. The average molecular weight is 401 g/mol. The van der Waals surface area contributed by atoms with E-state index in [1.807, 2.05) is 31.2 Å². The van der Waals surface area contributed by atoms with Crippen molar-refractivity contribution in [1.29, 1.82) is 0 Å². The number of benzene rings is 2. The summed E-state index contributed by atoms with van der Waals surface area (Å²) in [5.41, 5.74) is 3.53. The van der Waals surface area contributed by atoms with Crippen LogP contribution in [0.2, 0.25) is 0 Å².